The molecule has 0 aliphatic carbocycles. The van der Waals surface area contributed by atoms with Gasteiger partial charge in [0.1, 0.15) is 0 Å². The first-order valence-electron chi connectivity index (χ1n) is 19.4. The van der Waals surface area contributed by atoms with Crippen molar-refractivity contribution in [2.24, 2.45) is 0 Å². The van der Waals surface area contributed by atoms with E-state index in [1.807, 2.05) is 0 Å². The minimum absolute atomic E-state index is 1.16. The molecule has 0 fully saturated rings. The maximum Gasteiger partial charge on any atom is 0.0547 e. The molecule has 0 bridgehead atoms. The van der Waals surface area contributed by atoms with Crippen molar-refractivity contribution in [1.29, 1.82) is 0 Å². The molecule has 56 heavy (non-hydrogen) atoms. The van der Waals surface area contributed by atoms with Gasteiger partial charge in [0.05, 0.1) is 22.1 Å². The van der Waals surface area contributed by atoms with Crippen LogP contribution in [-0.2, 0) is 0 Å². The van der Waals surface area contributed by atoms with Gasteiger partial charge in [-0.15, -0.1) is 0 Å². The number of hydrogen-bond donors (Lipinski definition) is 0. The second kappa shape index (κ2) is 12.0. The van der Waals surface area contributed by atoms with Gasteiger partial charge in [-0.2, -0.15) is 0 Å². The summed E-state index contributed by atoms with van der Waals surface area (Å²) in [5, 5.41) is 12.7. The van der Waals surface area contributed by atoms with E-state index in [-0.39, 0.29) is 0 Å². The Balaban J connectivity index is 1.08. The molecule has 10 aromatic carbocycles. The molecular formula is C54H34N2. The molecule has 0 atom stereocenters. The van der Waals surface area contributed by atoms with E-state index >= 15 is 0 Å². The molecule has 0 unspecified atom stereocenters. The normalized spacial score (nSPS) is 11.9. The molecule has 12 rings (SSSR count). The average Bonchev–Trinajstić information content (AvgIpc) is 3.79. The third-order valence-electron chi connectivity index (χ3n) is 11.9. The van der Waals surface area contributed by atoms with Gasteiger partial charge in [-0.05, 0) is 115 Å². The van der Waals surface area contributed by atoms with Gasteiger partial charge in [-0.1, -0.05) is 146 Å². The van der Waals surface area contributed by atoms with E-state index in [4.69, 9.17) is 0 Å². The zero-order valence-corrected chi connectivity index (χ0v) is 30.5. The van der Waals surface area contributed by atoms with Gasteiger partial charge in [0.2, 0.25) is 0 Å². The molecule has 0 saturated heterocycles. The molecule has 2 nitrogen and oxygen atoms in total. The van der Waals surface area contributed by atoms with E-state index in [0.29, 0.717) is 0 Å². The standard InChI is InChI=1S/C54H34N2/c1-3-14-35(15-4-1)40-23-13-25-53-54(40)49-33-37(27-31-52(49)55(53)38-16-5-2-6-17-38)36-26-30-51-48(32-36)46-22-11-12-24-50(46)56(51)39-28-29-45-43-20-8-7-18-41(43)42-19-9-10-21-44(42)47(45)34-39/h1-34H. The predicted molar refractivity (Wildman–Crippen MR) is 239 cm³/mol. The van der Waals surface area contributed by atoms with E-state index in [9.17, 15) is 0 Å². The van der Waals surface area contributed by atoms with Crippen molar-refractivity contribution >= 4 is 75.9 Å². The lowest BCUT2D eigenvalue weighted by Crippen LogP contribution is -1.94. The van der Waals surface area contributed by atoms with Crippen LogP contribution >= 0.6 is 0 Å². The third-order valence-corrected chi connectivity index (χ3v) is 11.9. The first kappa shape index (κ1) is 31.0. The lowest BCUT2D eigenvalue weighted by Gasteiger charge is -2.14. The van der Waals surface area contributed by atoms with E-state index in [1.165, 1.54) is 104 Å². The molecule has 0 radical (unpaired) electrons. The second-order valence-corrected chi connectivity index (χ2v) is 14.9. The molecule has 0 amide bonds. The molecule has 0 aliphatic rings. The van der Waals surface area contributed by atoms with E-state index in [0.717, 1.165) is 5.69 Å². The summed E-state index contributed by atoms with van der Waals surface area (Å²) in [6.45, 7) is 0. The summed E-state index contributed by atoms with van der Waals surface area (Å²) in [7, 11) is 0. The van der Waals surface area contributed by atoms with Crippen LogP contribution in [-0.4, -0.2) is 9.13 Å². The van der Waals surface area contributed by atoms with Crippen LogP contribution < -0.4 is 0 Å². The van der Waals surface area contributed by atoms with Crippen LogP contribution in [0.5, 0.6) is 0 Å². The van der Waals surface area contributed by atoms with Crippen LogP contribution in [0.25, 0.3) is 110 Å². The summed E-state index contributed by atoms with van der Waals surface area (Å²) in [4.78, 5) is 0. The first-order chi connectivity index (χ1) is 27.8. The van der Waals surface area contributed by atoms with Crippen LogP contribution in [0.3, 0.4) is 0 Å². The minimum atomic E-state index is 1.16. The summed E-state index contributed by atoms with van der Waals surface area (Å²) in [6, 6.07) is 75.7. The number of fused-ring (bicyclic) bond motifs is 12. The summed E-state index contributed by atoms with van der Waals surface area (Å²) >= 11 is 0. The largest absolute Gasteiger partial charge is 0.309 e. The Hall–Kier alpha value is -7.42. The highest BCUT2D eigenvalue weighted by molar-refractivity contribution is 6.26. The fraction of sp³-hybridized carbons (Fsp3) is 0. The average molecular weight is 711 g/mol. The van der Waals surface area contributed by atoms with Gasteiger partial charge in [0.15, 0.2) is 0 Å². The van der Waals surface area contributed by atoms with Crippen LogP contribution in [0, 0.1) is 0 Å². The lowest BCUT2D eigenvalue weighted by molar-refractivity contribution is 1.18. The molecule has 260 valence electrons. The fourth-order valence-corrected chi connectivity index (χ4v) is 9.43. The van der Waals surface area contributed by atoms with Crippen molar-refractivity contribution in [3.8, 4) is 33.6 Å². The van der Waals surface area contributed by atoms with E-state index < -0.39 is 0 Å². The van der Waals surface area contributed by atoms with Gasteiger partial charge < -0.3 is 9.13 Å². The Bertz CT molecular complexity index is 3480. The third kappa shape index (κ3) is 4.50. The molecule has 0 saturated carbocycles. The van der Waals surface area contributed by atoms with Crippen molar-refractivity contribution in [3.05, 3.63) is 206 Å². The van der Waals surface area contributed by atoms with Crippen LogP contribution in [0.2, 0.25) is 0 Å². The summed E-state index contributed by atoms with van der Waals surface area (Å²) < 4.78 is 4.86. The Kier molecular flexibility index (Phi) is 6.66. The number of rotatable bonds is 4. The number of para-hydroxylation sites is 2. The molecule has 2 heteroatoms. The van der Waals surface area contributed by atoms with Crippen molar-refractivity contribution in [2.75, 3.05) is 0 Å². The highest BCUT2D eigenvalue weighted by Crippen LogP contribution is 2.42. The minimum Gasteiger partial charge on any atom is -0.309 e. The molecule has 0 aliphatic heterocycles. The maximum absolute atomic E-state index is 2.45. The number of benzene rings is 10. The van der Waals surface area contributed by atoms with Gasteiger partial charge in [0.25, 0.3) is 0 Å². The van der Waals surface area contributed by atoms with Crippen LogP contribution in [0.1, 0.15) is 0 Å². The molecule has 0 N–H and O–H groups in total. The first-order valence-corrected chi connectivity index (χ1v) is 19.4. The summed E-state index contributed by atoms with van der Waals surface area (Å²) in [6.07, 6.45) is 0. The summed E-state index contributed by atoms with van der Waals surface area (Å²) in [5.41, 5.74) is 12.0. The van der Waals surface area contributed by atoms with Crippen LogP contribution in [0.15, 0.2) is 206 Å². The van der Waals surface area contributed by atoms with Crippen molar-refractivity contribution < 1.29 is 0 Å². The van der Waals surface area contributed by atoms with E-state index in [2.05, 4.69) is 215 Å². The fourth-order valence-electron chi connectivity index (χ4n) is 9.43. The SMILES string of the molecule is c1ccc(-c2cccc3c2c2cc(-c4ccc5c(c4)c4ccccc4n5-c4ccc5c6ccccc6c6ccccc6c5c4)ccc2n3-c2ccccc2)cc1. The lowest BCUT2D eigenvalue weighted by atomic mass is 9.94. The van der Waals surface area contributed by atoms with Crippen LogP contribution in [0.4, 0.5) is 0 Å². The second-order valence-electron chi connectivity index (χ2n) is 14.9. The number of nitrogens with zero attached hydrogens (tertiary/aromatic N) is 2. The van der Waals surface area contributed by atoms with E-state index in [1.54, 1.807) is 0 Å². The number of aromatic nitrogens is 2. The molecule has 2 heterocycles. The Labute approximate surface area is 323 Å². The smallest absolute Gasteiger partial charge is 0.0547 e. The number of hydrogen-bond acceptors (Lipinski definition) is 0. The van der Waals surface area contributed by atoms with Crippen molar-refractivity contribution in [3.63, 3.8) is 0 Å². The van der Waals surface area contributed by atoms with Gasteiger partial charge in [-0.3, -0.25) is 0 Å². The highest BCUT2D eigenvalue weighted by atomic mass is 15.0. The Morgan fingerprint density at radius 2 is 0.732 bits per heavy atom. The van der Waals surface area contributed by atoms with Gasteiger partial charge >= 0.3 is 0 Å². The van der Waals surface area contributed by atoms with Crippen molar-refractivity contribution in [2.45, 2.75) is 0 Å². The zero-order valence-electron chi connectivity index (χ0n) is 30.5. The molecule has 12 aromatic rings. The Morgan fingerprint density at radius 1 is 0.232 bits per heavy atom. The summed E-state index contributed by atoms with van der Waals surface area (Å²) in [5.74, 6) is 0. The zero-order chi connectivity index (χ0) is 36.7. The van der Waals surface area contributed by atoms with Crippen molar-refractivity contribution in [1.82, 2.24) is 9.13 Å². The molecular weight excluding hydrogens is 677 g/mol. The van der Waals surface area contributed by atoms with Gasteiger partial charge in [0, 0.05) is 32.9 Å². The molecule has 2 aromatic heterocycles. The Morgan fingerprint density at radius 3 is 1.43 bits per heavy atom. The maximum atomic E-state index is 2.45. The highest BCUT2D eigenvalue weighted by Gasteiger charge is 2.19. The van der Waals surface area contributed by atoms with Gasteiger partial charge in [-0.25, -0.2) is 0 Å². The molecule has 0 spiro atoms. The quantitative estimate of drug-likeness (QED) is 0.161. The topological polar surface area (TPSA) is 9.86 Å². The monoisotopic (exact) mass is 710 g/mol. The predicted octanol–water partition coefficient (Wildman–Crippen LogP) is 14.7.